The number of quaternary nitrogens is 1. The summed E-state index contributed by atoms with van der Waals surface area (Å²) < 4.78 is 1.88. The van der Waals surface area contributed by atoms with Crippen molar-refractivity contribution in [1.82, 2.24) is 4.48 Å². The average Bonchev–Trinajstić information content (AvgIpc) is 2.48. The number of nitrogens with zero attached hydrogens (tertiary/aromatic N) is 1. The third kappa shape index (κ3) is 3.60. The Bertz CT molecular complexity index is 671. The number of Topliss-reactive ketones (excluding diaryl/α,β-unsaturated/α-hetero) is 1. The Hall–Kier alpha value is -0.720. The van der Waals surface area contributed by atoms with Crippen molar-refractivity contribution in [2.45, 2.75) is 12.8 Å². The summed E-state index contributed by atoms with van der Waals surface area (Å²) in [7, 11) is 2.18. The van der Waals surface area contributed by atoms with Gasteiger partial charge in [-0.3, -0.25) is 9.28 Å². The number of benzene rings is 2. The standard InChI is InChI=1S/C18H19INO.BrH/c1-20(12-4-6-14-5-2-3-7-17(14)20)13-18(21)15-8-10-16(19)11-9-15;/h2-3,5,7-11H,4,6,12-13H2,1H3;1H/q+1;/p-1. The topological polar surface area (TPSA) is 17.1 Å². The van der Waals surface area contributed by atoms with Gasteiger partial charge in [-0.05, 0) is 47.2 Å². The van der Waals surface area contributed by atoms with Gasteiger partial charge in [0.1, 0.15) is 12.2 Å². The van der Waals surface area contributed by atoms with Crippen LogP contribution in [0.1, 0.15) is 22.3 Å². The van der Waals surface area contributed by atoms with Gasteiger partial charge in [0.15, 0.2) is 0 Å². The van der Waals surface area contributed by atoms with Crippen LogP contribution < -0.4 is 21.5 Å². The van der Waals surface area contributed by atoms with Crippen LogP contribution in [0, 0.1) is 3.57 Å². The third-order valence-corrected chi connectivity index (χ3v) is 5.05. The molecule has 2 aromatic carbocycles. The minimum atomic E-state index is 0. The van der Waals surface area contributed by atoms with E-state index in [4.69, 9.17) is 0 Å². The number of para-hydroxylation sites is 1. The van der Waals surface area contributed by atoms with Gasteiger partial charge in [-0.2, -0.15) is 0 Å². The second-order valence-corrected chi connectivity index (χ2v) is 7.19. The number of carbonyl (C=O) groups is 1. The molecule has 2 nitrogen and oxygen atoms in total. The number of ketones is 1. The molecule has 0 radical (unpaired) electrons. The van der Waals surface area contributed by atoms with Gasteiger partial charge in [0, 0.05) is 21.1 Å². The van der Waals surface area contributed by atoms with E-state index < -0.39 is 0 Å². The molecule has 0 spiro atoms. The lowest BCUT2D eigenvalue weighted by Crippen LogP contribution is -3.00. The van der Waals surface area contributed by atoms with Crippen LogP contribution >= 0.6 is 22.6 Å². The molecule has 0 aromatic heterocycles. The first-order valence-electron chi connectivity index (χ1n) is 7.30. The fourth-order valence-electron chi connectivity index (χ4n) is 3.20. The van der Waals surface area contributed by atoms with E-state index in [1.807, 2.05) is 24.3 Å². The molecular weight excluding hydrogens is 453 g/mol. The lowest BCUT2D eigenvalue weighted by atomic mass is 9.98. The number of hydrogen-bond donors (Lipinski definition) is 0. The Labute approximate surface area is 156 Å². The highest BCUT2D eigenvalue weighted by Crippen LogP contribution is 2.32. The normalized spacial score (nSPS) is 19.9. The van der Waals surface area contributed by atoms with E-state index in [9.17, 15) is 4.79 Å². The van der Waals surface area contributed by atoms with Crippen LogP contribution in [0.25, 0.3) is 0 Å². The molecule has 116 valence electrons. The van der Waals surface area contributed by atoms with Crippen LogP contribution in [-0.4, -0.2) is 25.9 Å². The van der Waals surface area contributed by atoms with Crippen molar-refractivity contribution in [2.24, 2.45) is 0 Å². The van der Waals surface area contributed by atoms with Crippen molar-refractivity contribution in [3.05, 3.63) is 63.2 Å². The average molecular weight is 472 g/mol. The monoisotopic (exact) mass is 471 g/mol. The van der Waals surface area contributed by atoms with Crippen molar-refractivity contribution >= 4 is 34.1 Å². The minimum absolute atomic E-state index is 0. The maximum Gasteiger partial charge on any atom is 0.217 e. The second-order valence-electron chi connectivity index (χ2n) is 5.94. The van der Waals surface area contributed by atoms with Crippen LogP contribution in [-0.2, 0) is 6.42 Å². The number of carbonyl (C=O) groups excluding carboxylic acids is 1. The molecule has 0 aliphatic carbocycles. The van der Waals surface area contributed by atoms with Gasteiger partial charge in [-0.25, -0.2) is 0 Å². The molecule has 4 heteroatoms. The molecule has 22 heavy (non-hydrogen) atoms. The molecule has 1 atom stereocenters. The largest absolute Gasteiger partial charge is 1.00 e. The van der Waals surface area contributed by atoms with Crippen molar-refractivity contribution in [3.63, 3.8) is 0 Å². The molecule has 0 saturated carbocycles. The molecule has 1 unspecified atom stereocenters. The zero-order valence-electron chi connectivity index (χ0n) is 12.6. The van der Waals surface area contributed by atoms with Crippen LogP contribution in [0.15, 0.2) is 48.5 Å². The van der Waals surface area contributed by atoms with Crippen molar-refractivity contribution in [2.75, 3.05) is 20.1 Å². The van der Waals surface area contributed by atoms with Gasteiger partial charge in [0.2, 0.25) is 5.78 Å². The van der Waals surface area contributed by atoms with Crippen molar-refractivity contribution in [1.29, 1.82) is 0 Å². The van der Waals surface area contributed by atoms with Crippen molar-refractivity contribution in [3.8, 4) is 0 Å². The first-order valence-corrected chi connectivity index (χ1v) is 8.38. The first kappa shape index (κ1) is 17.6. The molecule has 0 fully saturated rings. The number of halogens is 2. The number of aryl methyl sites for hydroxylation is 1. The lowest BCUT2D eigenvalue weighted by Gasteiger charge is -2.38. The number of fused-ring (bicyclic) bond motifs is 1. The summed E-state index contributed by atoms with van der Waals surface area (Å²) >= 11 is 2.26. The molecular formula is C18H19BrINO. The van der Waals surface area contributed by atoms with E-state index in [0.717, 1.165) is 33.0 Å². The number of likely N-dealkylation sites (N-methyl/N-ethyl adjacent to an activating group) is 1. The van der Waals surface area contributed by atoms with E-state index in [2.05, 4.69) is 53.9 Å². The Morgan fingerprint density at radius 3 is 2.55 bits per heavy atom. The van der Waals surface area contributed by atoms with E-state index >= 15 is 0 Å². The summed E-state index contributed by atoms with van der Waals surface area (Å²) in [5.74, 6) is 0.227. The Balaban J connectivity index is 0.00000176. The summed E-state index contributed by atoms with van der Waals surface area (Å²) in [4.78, 5) is 12.6. The quantitative estimate of drug-likeness (QED) is 0.371. The minimum Gasteiger partial charge on any atom is -1.00 e. The third-order valence-electron chi connectivity index (χ3n) is 4.33. The lowest BCUT2D eigenvalue weighted by molar-refractivity contribution is -0.0000127. The fourth-order valence-corrected chi connectivity index (χ4v) is 3.56. The molecule has 1 heterocycles. The van der Waals surface area contributed by atoms with Crippen molar-refractivity contribution < 1.29 is 21.8 Å². The SMILES string of the molecule is C[N+]1(CC(=O)c2ccc(I)cc2)CCCc2ccccc21.[Br-]. The summed E-state index contributed by atoms with van der Waals surface area (Å²) in [5, 5.41) is 0. The Kier molecular flexibility index (Phi) is 5.80. The zero-order valence-corrected chi connectivity index (χ0v) is 16.3. The van der Waals surface area contributed by atoms with Gasteiger partial charge < -0.3 is 17.0 Å². The van der Waals surface area contributed by atoms with Gasteiger partial charge in [0.25, 0.3) is 0 Å². The van der Waals surface area contributed by atoms with E-state index in [0.29, 0.717) is 6.54 Å². The maximum absolute atomic E-state index is 12.6. The summed E-state index contributed by atoms with van der Waals surface area (Å²) in [6.07, 6.45) is 2.27. The highest BCUT2D eigenvalue weighted by molar-refractivity contribution is 14.1. The van der Waals surface area contributed by atoms with E-state index in [-0.39, 0.29) is 22.8 Å². The van der Waals surface area contributed by atoms with Gasteiger partial charge in [0.05, 0.1) is 13.6 Å². The fraction of sp³-hybridized carbons (Fsp3) is 0.278. The molecule has 0 bridgehead atoms. The Morgan fingerprint density at radius 2 is 1.82 bits per heavy atom. The molecule has 1 aliphatic rings. The van der Waals surface area contributed by atoms with Crippen LogP contribution in [0.5, 0.6) is 0 Å². The van der Waals surface area contributed by atoms with Gasteiger partial charge in [-0.15, -0.1) is 0 Å². The maximum atomic E-state index is 12.6. The zero-order chi connectivity index (χ0) is 14.9. The predicted octanol–water partition coefficient (Wildman–Crippen LogP) is 1.06. The Morgan fingerprint density at radius 1 is 1.14 bits per heavy atom. The van der Waals surface area contributed by atoms with Crippen LogP contribution in [0.2, 0.25) is 0 Å². The molecule has 1 aliphatic heterocycles. The molecule has 0 N–H and O–H groups in total. The summed E-state index contributed by atoms with van der Waals surface area (Å²) in [6, 6.07) is 16.4. The first-order chi connectivity index (χ1) is 10.1. The van der Waals surface area contributed by atoms with E-state index in [1.54, 1.807) is 0 Å². The van der Waals surface area contributed by atoms with Crippen LogP contribution in [0.4, 0.5) is 5.69 Å². The van der Waals surface area contributed by atoms with Gasteiger partial charge >= 0.3 is 0 Å². The molecule has 3 rings (SSSR count). The van der Waals surface area contributed by atoms with Gasteiger partial charge in [-0.1, -0.05) is 30.3 Å². The smallest absolute Gasteiger partial charge is 0.217 e. The molecule has 0 saturated heterocycles. The summed E-state index contributed by atoms with van der Waals surface area (Å²) in [5.41, 5.74) is 3.52. The highest BCUT2D eigenvalue weighted by atomic mass is 127. The number of rotatable bonds is 3. The van der Waals surface area contributed by atoms with E-state index in [1.165, 1.54) is 11.3 Å². The predicted molar refractivity (Wildman–Crippen MR) is 95.7 cm³/mol. The summed E-state index contributed by atoms with van der Waals surface area (Å²) in [6.45, 7) is 1.57. The highest BCUT2D eigenvalue weighted by Gasteiger charge is 2.33. The van der Waals surface area contributed by atoms with Crippen LogP contribution in [0.3, 0.4) is 0 Å². The number of hydrogen-bond acceptors (Lipinski definition) is 1. The molecule has 0 amide bonds. The molecule has 2 aromatic rings. The second kappa shape index (κ2) is 7.23.